The molecule has 1 aliphatic rings. The Labute approximate surface area is 147 Å². The van der Waals surface area contributed by atoms with E-state index in [1.165, 1.54) is 30.7 Å². The lowest BCUT2D eigenvalue weighted by molar-refractivity contribution is -0.170. The molecule has 0 saturated carbocycles. The second-order valence-corrected chi connectivity index (χ2v) is 7.32. The summed E-state index contributed by atoms with van der Waals surface area (Å²) < 4.78 is 9.90. The molecule has 0 amide bonds. The van der Waals surface area contributed by atoms with Gasteiger partial charge in [0.05, 0.1) is 14.2 Å². The molecule has 1 unspecified atom stereocenters. The minimum atomic E-state index is -1.28. The van der Waals surface area contributed by atoms with Crippen molar-refractivity contribution in [3.63, 3.8) is 0 Å². The average molecular weight is 343 g/mol. The van der Waals surface area contributed by atoms with Gasteiger partial charge in [-0.1, -0.05) is 26.8 Å². The largest absolute Gasteiger partial charge is 0.468 e. The molecule has 2 aromatic rings. The van der Waals surface area contributed by atoms with E-state index in [0.29, 0.717) is 12.3 Å². The van der Waals surface area contributed by atoms with Gasteiger partial charge in [-0.15, -0.1) is 0 Å². The first-order valence-electron chi connectivity index (χ1n) is 8.65. The fourth-order valence-corrected chi connectivity index (χ4v) is 4.13. The predicted molar refractivity (Wildman–Crippen MR) is 95.6 cm³/mol. The number of esters is 2. The Hall–Kier alpha value is -2.30. The van der Waals surface area contributed by atoms with Gasteiger partial charge in [0.15, 0.2) is 5.41 Å². The Morgan fingerprint density at radius 1 is 1.20 bits per heavy atom. The number of methoxy groups -OCH3 is 2. The van der Waals surface area contributed by atoms with Crippen LogP contribution in [0, 0.1) is 5.41 Å². The summed E-state index contributed by atoms with van der Waals surface area (Å²) in [5.41, 5.74) is 3.15. The number of carbonyl (C=O) groups is 2. The lowest BCUT2D eigenvalue weighted by atomic mass is 9.69. The van der Waals surface area contributed by atoms with Gasteiger partial charge < -0.3 is 14.5 Å². The Morgan fingerprint density at radius 3 is 2.40 bits per heavy atom. The molecule has 0 bridgehead atoms. The number of aromatic nitrogens is 1. The molecule has 5 heteroatoms. The maximum atomic E-state index is 12.5. The van der Waals surface area contributed by atoms with Crippen molar-refractivity contribution < 1.29 is 19.1 Å². The molecule has 134 valence electrons. The molecule has 0 saturated heterocycles. The van der Waals surface area contributed by atoms with Crippen molar-refractivity contribution in [2.75, 3.05) is 14.2 Å². The van der Waals surface area contributed by atoms with Crippen molar-refractivity contribution in [1.29, 1.82) is 0 Å². The fourth-order valence-electron chi connectivity index (χ4n) is 4.13. The van der Waals surface area contributed by atoms with Crippen LogP contribution in [0.25, 0.3) is 10.9 Å². The highest BCUT2D eigenvalue weighted by Crippen LogP contribution is 2.46. The van der Waals surface area contributed by atoms with Gasteiger partial charge in [0, 0.05) is 23.0 Å². The van der Waals surface area contributed by atoms with Crippen LogP contribution in [-0.2, 0) is 25.5 Å². The van der Waals surface area contributed by atoms with Gasteiger partial charge in [-0.2, -0.15) is 0 Å². The highest BCUT2D eigenvalue weighted by atomic mass is 16.5. The molecular formula is C20H25NO4. The highest BCUT2D eigenvalue weighted by Gasteiger charge is 2.53. The van der Waals surface area contributed by atoms with E-state index in [-0.39, 0.29) is 12.3 Å². The molecule has 3 rings (SSSR count). The van der Waals surface area contributed by atoms with E-state index in [0.717, 1.165) is 11.2 Å². The number of ether oxygens (including phenoxy) is 2. The molecule has 1 N–H and O–H groups in total. The lowest BCUT2D eigenvalue weighted by Crippen LogP contribution is -2.46. The number of aromatic amines is 1. The van der Waals surface area contributed by atoms with Gasteiger partial charge in [-0.25, -0.2) is 0 Å². The zero-order chi connectivity index (χ0) is 18.4. The topological polar surface area (TPSA) is 68.4 Å². The zero-order valence-corrected chi connectivity index (χ0v) is 15.4. The summed E-state index contributed by atoms with van der Waals surface area (Å²) >= 11 is 0. The van der Waals surface area contributed by atoms with E-state index in [1.807, 2.05) is 6.92 Å². The first-order valence-corrected chi connectivity index (χ1v) is 8.65. The standard InChI is InChI=1S/C20H25NO4/c1-11(2)13-6-7-15-14(8-13)17-12(3)9-20(18(22)24-4,19(23)25-5)10-16(17)21-15/h6-8,11-12,21H,9-10H2,1-5H3. The summed E-state index contributed by atoms with van der Waals surface area (Å²) in [5.74, 6) is -0.576. The number of H-pyrrole nitrogens is 1. The summed E-state index contributed by atoms with van der Waals surface area (Å²) in [7, 11) is 2.63. The molecule has 0 aliphatic heterocycles. The molecule has 25 heavy (non-hydrogen) atoms. The first kappa shape index (κ1) is 17.5. The van der Waals surface area contributed by atoms with E-state index in [9.17, 15) is 9.59 Å². The van der Waals surface area contributed by atoms with E-state index < -0.39 is 17.4 Å². The molecule has 1 atom stereocenters. The number of hydrogen-bond donors (Lipinski definition) is 1. The van der Waals surface area contributed by atoms with Crippen molar-refractivity contribution in [3.8, 4) is 0 Å². The molecule has 0 fully saturated rings. The van der Waals surface area contributed by atoms with Crippen LogP contribution in [0.1, 0.15) is 55.8 Å². The Balaban J connectivity index is 2.16. The van der Waals surface area contributed by atoms with E-state index >= 15 is 0 Å². The third-order valence-corrected chi connectivity index (χ3v) is 5.39. The third-order valence-electron chi connectivity index (χ3n) is 5.39. The van der Waals surface area contributed by atoms with Crippen molar-refractivity contribution in [2.24, 2.45) is 5.41 Å². The Morgan fingerprint density at radius 2 is 1.84 bits per heavy atom. The number of benzene rings is 1. The SMILES string of the molecule is COC(=O)C1(C(=O)OC)Cc2[nH]c3ccc(C(C)C)cc3c2C(C)C1. The van der Waals surface area contributed by atoms with Crippen molar-refractivity contribution in [1.82, 2.24) is 4.98 Å². The second-order valence-electron chi connectivity index (χ2n) is 7.32. The van der Waals surface area contributed by atoms with Gasteiger partial charge >= 0.3 is 11.9 Å². The molecule has 1 aromatic heterocycles. The summed E-state index contributed by atoms with van der Waals surface area (Å²) in [6.07, 6.45) is 0.663. The van der Waals surface area contributed by atoms with Gasteiger partial charge in [-0.05, 0) is 41.5 Å². The summed E-state index contributed by atoms with van der Waals surface area (Å²) in [5, 5.41) is 1.18. The Kier molecular flexibility index (Phi) is 4.35. The van der Waals surface area contributed by atoms with Crippen molar-refractivity contribution >= 4 is 22.8 Å². The molecule has 5 nitrogen and oxygen atoms in total. The normalized spacial score (nSPS) is 18.9. The van der Waals surface area contributed by atoms with E-state index in [4.69, 9.17) is 9.47 Å². The molecule has 1 aromatic carbocycles. The lowest BCUT2D eigenvalue weighted by Gasteiger charge is -2.35. The zero-order valence-electron chi connectivity index (χ0n) is 15.4. The third kappa shape index (κ3) is 2.62. The smallest absolute Gasteiger partial charge is 0.323 e. The average Bonchev–Trinajstić information content (AvgIpc) is 2.97. The monoisotopic (exact) mass is 343 g/mol. The fraction of sp³-hybridized carbons (Fsp3) is 0.500. The number of hydrogen-bond acceptors (Lipinski definition) is 4. The summed E-state index contributed by atoms with van der Waals surface area (Å²) in [6, 6.07) is 6.41. The van der Waals surface area contributed by atoms with Crippen LogP contribution >= 0.6 is 0 Å². The predicted octanol–water partition coefficient (Wildman–Crippen LogP) is 3.67. The number of nitrogens with one attached hydrogen (secondary N) is 1. The minimum Gasteiger partial charge on any atom is -0.468 e. The number of fused-ring (bicyclic) bond motifs is 3. The number of rotatable bonds is 3. The minimum absolute atomic E-state index is 0.0399. The van der Waals surface area contributed by atoms with Crippen LogP contribution in [-0.4, -0.2) is 31.1 Å². The van der Waals surface area contributed by atoms with Gasteiger partial charge in [0.25, 0.3) is 0 Å². The van der Waals surface area contributed by atoms with Gasteiger partial charge in [-0.3, -0.25) is 9.59 Å². The molecule has 1 aliphatic carbocycles. The van der Waals surface area contributed by atoms with Crippen LogP contribution in [0.2, 0.25) is 0 Å². The molecule has 0 radical (unpaired) electrons. The summed E-state index contributed by atoms with van der Waals surface area (Å²) in [6.45, 7) is 6.39. The van der Waals surface area contributed by atoms with Gasteiger partial charge in [0.1, 0.15) is 0 Å². The van der Waals surface area contributed by atoms with Crippen LogP contribution in [0.15, 0.2) is 18.2 Å². The maximum absolute atomic E-state index is 12.5. The number of carbonyl (C=O) groups excluding carboxylic acids is 2. The van der Waals surface area contributed by atoms with Crippen LogP contribution < -0.4 is 0 Å². The van der Waals surface area contributed by atoms with Crippen LogP contribution in [0.3, 0.4) is 0 Å². The van der Waals surface area contributed by atoms with Gasteiger partial charge in [0.2, 0.25) is 0 Å². The molecule has 0 spiro atoms. The van der Waals surface area contributed by atoms with E-state index in [1.54, 1.807) is 0 Å². The quantitative estimate of drug-likeness (QED) is 0.682. The van der Waals surface area contributed by atoms with Crippen molar-refractivity contribution in [2.45, 2.75) is 45.4 Å². The molecular weight excluding hydrogens is 318 g/mol. The highest BCUT2D eigenvalue weighted by molar-refractivity contribution is 6.01. The second kappa shape index (κ2) is 6.21. The van der Waals surface area contributed by atoms with Crippen LogP contribution in [0.4, 0.5) is 0 Å². The Bertz CT molecular complexity index is 818. The first-order chi connectivity index (χ1) is 11.8. The maximum Gasteiger partial charge on any atom is 0.323 e. The van der Waals surface area contributed by atoms with Crippen molar-refractivity contribution in [3.05, 3.63) is 35.0 Å². The van der Waals surface area contributed by atoms with Crippen LogP contribution in [0.5, 0.6) is 0 Å². The molecule has 1 heterocycles. The summed E-state index contributed by atoms with van der Waals surface area (Å²) in [4.78, 5) is 28.3. The van der Waals surface area contributed by atoms with E-state index in [2.05, 4.69) is 37.0 Å².